The molecule has 0 aliphatic rings. The Bertz CT molecular complexity index is 269. The van der Waals surface area contributed by atoms with Crippen LogP contribution in [0.15, 0.2) is 0 Å². The van der Waals surface area contributed by atoms with Crippen LogP contribution in [0.25, 0.3) is 0 Å². The van der Waals surface area contributed by atoms with Gasteiger partial charge in [-0.25, -0.2) is 0 Å². The van der Waals surface area contributed by atoms with Crippen LogP contribution in [0, 0.1) is 11.8 Å². The van der Waals surface area contributed by atoms with E-state index in [1.807, 2.05) is 0 Å². The summed E-state index contributed by atoms with van der Waals surface area (Å²) in [4.78, 5) is 0. The summed E-state index contributed by atoms with van der Waals surface area (Å²) in [7, 11) is 0. The molecular weight excluding hydrogens is 336 g/mol. The van der Waals surface area contributed by atoms with E-state index >= 15 is 0 Å². The van der Waals surface area contributed by atoms with Crippen molar-refractivity contribution in [2.75, 3.05) is 0 Å². The van der Waals surface area contributed by atoms with Gasteiger partial charge in [-0.15, -0.1) is 0 Å². The van der Waals surface area contributed by atoms with Crippen molar-refractivity contribution in [1.82, 2.24) is 0 Å². The summed E-state index contributed by atoms with van der Waals surface area (Å²) in [6.45, 7) is 9.56. The van der Waals surface area contributed by atoms with E-state index < -0.39 is 0 Å². The third-order valence-corrected chi connectivity index (χ3v) is 6.74. The summed E-state index contributed by atoms with van der Waals surface area (Å²) in [6, 6.07) is 0. The van der Waals surface area contributed by atoms with Crippen molar-refractivity contribution >= 4 is 0 Å². The Hall–Kier alpha value is 0. The number of rotatable bonds is 23. The van der Waals surface area contributed by atoms with Crippen LogP contribution in [0.3, 0.4) is 0 Å². The lowest BCUT2D eigenvalue weighted by Crippen LogP contribution is -1.97. The van der Waals surface area contributed by atoms with Crippen molar-refractivity contribution in [2.45, 2.75) is 169 Å². The minimum Gasteiger partial charge on any atom is -0.0654 e. The lowest BCUT2D eigenvalue weighted by atomic mass is 9.94. The minimum atomic E-state index is 0.961. The fourth-order valence-corrected chi connectivity index (χ4v) is 4.51. The van der Waals surface area contributed by atoms with Crippen LogP contribution in [0.4, 0.5) is 0 Å². The van der Waals surface area contributed by atoms with E-state index in [9.17, 15) is 0 Å². The van der Waals surface area contributed by atoms with Gasteiger partial charge < -0.3 is 0 Å². The zero-order valence-electron chi connectivity index (χ0n) is 20.7. The van der Waals surface area contributed by atoms with Gasteiger partial charge in [0.15, 0.2) is 0 Å². The Morgan fingerprint density at radius 1 is 0.321 bits per heavy atom. The predicted octanol–water partition coefficient (Wildman–Crippen LogP) is 10.9. The van der Waals surface area contributed by atoms with E-state index in [1.165, 1.54) is 141 Å². The van der Waals surface area contributed by atoms with E-state index in [2.05, 4.69) is 27.7 Å². The molecule has 28 heavy (non-hydrogen) atoms. The molecule has 0 heteroatoms. The summed E-state index contributed by atoms with van der Waals surface area (Å²) < 4.78 is 0. The van der Waals surface area contributed by atoms with Gasteiger partial charge in [-0.05, 0) is 11.8 Å². The van der Waals surface area contributed by atoms with Gasteiger partial charge in [0.2, 0.25) is 0 Å². The zero-order chi connectivity index (χ0) is 20.7. The molecule has 0 spiro atoms. The highest BCUT2D eigenvalue weighted by atomic mass is 14.1. The molecule has 0 radical (unpaired) electrons. The van der Waals surface area contributed by atoms with E-state index in [0.29, 0.717) is 0 Å². The number of unbranched alkanes of at least 4 members (excludes halogenated alkanes) is 15. The fourth-order valence-electron chi connectivity index (χ4n) is 4.51. The molecule has 0 aromatic rings. The standard InChI is InChI=1S/C28H58/c1-5-7-9-10-11-12-13-14-15-16-17-18-20-24-28(4)26-22-19-21-25-27(3)23-8-6-2/h27-28H,5-26H2,1-4H3. The SMILES string of the molecule is CCCCCCCCCCCCCCCC(C)CCCCCC(C)CCCC. The van der Waals surface area contributed by atoms with Crippen molar-refractivity contribution < 1.29 is 0 Å². The molecule has 0 bridgehead atoms. The first-order chi connectivity index (χ1) is 13.7. The molecule has 0 N–H and O–H groups in total. The molecule has 0 aliphatic carbocycles. The van der Waals surface area contributed by atoms with E-state index in [0.717, 1.165) is 11.8 Å². The molecule has 0 amide bonds. The van der Waals surface area contributed by atoms with Gasteiger partial charge in [0.1, 0.15) is 0 Å². The van der Waals surface area contributed by atoms with Crippen LogP contribution in [0.5, 0.6) is 0 Å². The summed E-state index contributed by atoms with van der Waals surface area (Å²) in [6.07, 6.45) is 32.2. The molecule has 0 aliphatic heterocycles. The first kappa shape index (κ1) is 28.0. The van der Waals surface area contributed by atoms with Crippen molar-refractivity contribution in [1.29, 1.82) is 0 Å². The molecule has 0 nitrogen and oxygen atoms in total. The minimum absolute atomic E-state index is 0.961. The highest BCUT2D eigenvalue weighted by Crippen LogP contribution is 2.20. The first-order valence-electron chi connectivity index (χ1n) is 13.7. The van der Waals surface area contributed by atoms with Crippen LogP contribution in [-0.2, 0) is 0 Å². The molecule has 0 saturated heterocycles. The van der Waals surface area contributed by atoms with Crippen LogP contribution < -0.4 is 0 Å². The van der Waals surface area contributed by atoms with Crippen LogP contribution >= 0.6 is 0 Å². The zero-order valence-corrected chi connectivity index (χ0v) is 20.7. The molecule has 0 aromatic carbocycles. The maximum Gasteiger partial charge on any atom is -0.0443 e. The lowest BCUT2D eigenvalue weighted by molar-refractivity contribution is 0.411. The average molecular weight is 395 g/mol. The Balaban J connectivity index is 3.19. The molecule has 170 valence electrons. The largest absolute Gasteiger partial charge is 0.0654 e. The van der Waals surface area contributed by atoms with E-state index in [1.54, 1.807) is 0 Å². The van der Waals surface area contributed by atoms with Gasteiger partial charge in [0, 0.05) is 0 Å². The van der Waals surface area contributed by atoms with Gasteiger partial charge >= 0.3 is 0 Å². The molecule has 0 saturated carbocycles. The molecule has 0 rings (SSSR count). The van der Waals surface area contributed by atoms with Crippen LogP contribution in [-0.4, -0.2) is 0 Å². The monoisotopic (exact) mass is 394 g/mol. The summed E-state index contributed by atoms with van der Waals surface area (Å²) in [5.41, 5.74) is 0. The molecule has 2 unspecified atom stereocenters. The third-order valence-electron chi connectivity index (χ3n) is 6.74. The average Bonchev–Trinajstić information content (AvgIpc) is 2.69. The highest BCUT2D eigenvalue weighted by Gasteiger charge is 2.04. The van der Waals surface area contributed by atoms with Crippen molar-refractivity contribution in [3.63, 3.8) is 0 Å². The Labute approximate surface area is 181 Å². The lowest BCUT2D eigenvalue weighted by Gasteiger charge is -2.12. The van der Waals surface area contributed by atoms with Gasteiger partial charge in [-0.1, -0.05) is 169 Å². The summed E-state index contributed by atoms with van der Waals surface area (Å²) in [5, 5.41) is 0. The fraction of sp³-hybridized carbons (Fsp3) is 1.00. The van der Waals surface area contributed by atoms with Gasteiger partial charge in [-0.2, -0.15) is 0 Å². The predicted molar refractivity (Wildman–Crippen MR) is 131 cm³/mol. The van der Waals surface area contributed by atoms with Crippen LogP contribution in [0.1, 0.15) is 169 Å². The Morgan fingerprint density at radius 3 is 0.929 bits per heavy atom. The highest BCUT2D eigenvalue weighted by molar-refractivity contribution is 4.58. The third kappa shape index (κ3) is 22.3. The van der Waals surface area contributed by atoms with Gasteiger partial charge in [0.25, 0.3) is 0 Å². The Kier molecular flexibility index (Phi) is 23.3. The number of hydrogen-bond donors (Lipinski definition) is 0. The summed E-state index contributed by atoms with van der Waals surface area (Å²) in [5.74, 6) is 1.92. The Morgan fingerprint density at radius 2 is 0.571 bits per heavy atom. The molecule has 2 atom stereocenters. The number of hydrogen-bond acceptors (Lipinski definition) is 0. The maximum absolute atomic E-state index is 2.49. The smallest absolute Gasteiger partial charge is 0.0443 e. The molecule has 0 heterocycles. The molecule has 0 fully saturated rings. The van der Waals surface area contributed by atoms with Crippen molar-refractivity contribution in [3.05, 3.63) is 0 Å². The maximum atomic E-state index is 2.49. The normalized spacial score (nSPS) is 13.7. The van der Waals surface area contributed by atoms with E-state index in [4.69, 9.17) is 0 Å². The second-order valence-electron chi connectivity index (χ2n) is 10.0. The quantitative estimate of drug-likeness (QED) is 0.151. The first-order valence-corrected chi connectivity index (χ1v) is 13.7. The van der Waals surface area contributed by atoms with E-state index in [-0.39, 0.29) is 0 Å². The van der Waals surface area contributed by atoms with Crippen molar-refractivity contribution in [2.24, 2.45) is 11.8 Å². The van der Waals surface area contributed by atoms with Crippen molar-refractivity contribution in [3.8, 4) is 0 Å². The second kappa shape index (κ2) is 23.3. The van der Waals surface area contributed by atoms with Gasteiger partial charge in [0.05, 0.1) is 0 Å². The molecule has 0 aromatic heterocycles. The van der Waals surface area contributed by atoms with Gasteiger partial charge in [-0.3, -0.25) is 0 Å². The van der Waals surface area contributed by atoms with Crippen LogP contribution in [0.2, 0.25) is 0 Å². The second-order valence-corrected chi connectivity index (χ2v) is 10.0. The topological polar surface area (TPSA) is 0 Å². The summed E-state index contributed by atoms with van der Waals surface area (Å²) >= 11 is 0. The molecular formula is C28H58.